The van der Waals surface area contributed by atoms with E-state index < -0.39 is 12.1 Å². The molecular weight excluding hydrogens is 764 g/mol. The largest absolute Gasteiger partial charge is 0.488 e. The molecular formula is C47H43ClN6O5. The van der Waals surface area contributed by atoms with Gasteiger partial charge in [-0.25, -0.2) is 0 Å². The summed E-state index contributed by atoms with van der Waals surface area (Å²) in [4.78, 5) is 19.3. The van der Waals surface area contributed by atoms with Gasteiger partial charge in [0, 0.05) is 68.2 Å². The summed E-state index contributed by atoms with van der Waals surface area (Å²) in [5.41, 5.74) is 12.1. The number of hydrogen-bond donors (Lipinski definition) is 4. The third-order valence-corrected chi connectivity index (χ3v) is 10.1. The number of hydrogen-bond acceptors (Lipinski definition) is 10. The number of pyridine rings is 2. The van der Waals surface area contributed by atoms with Crippen LogP contribution in [0.15, 0.2) is 110 Å². The Labute approximate surface area is 348 Å². The Kier molecular flexibility index (Phi) is 14.4. The molecule has 6 aromatic rings. The number of aliphatic hydroxyl groups is 1. The number of ether oxygens (including phenoxy) is 2. The molecule has 2 heterocycles. The van der Waals surface area contributed by atoms with Gasteiger partial charge in [-0.05, 0) is 82.1 Å². The van der Waals surface area contributed by atoms with E-state index in [-0.39, 0.29) is 32.7 Å². The number of halogens is 1. The van der Waals surface area contributed by atoms with Gasteiger partial charge in [0.05, 0.1) is 28.7 Å². The van der Waals surface area contributed by atoms with E-state index in [2.05, 4.69) is 95.1 Å². The Morgan fingerprint density at radius 3 is 2.05 bits per heavy atom. The summed E-state index contributed by atoms with van der Waals surface area (Å²) in [5.74, 6) is -0.214. The Morgan fingerprint density at radius 1 is 0.712 bits per heavy atom. The zero-order chi connectivity index (χ0) is 41.7. The minimum atomic E-state index is -1.09. The number of carboxylic acids is 1. The van der Waals surface area contributed by atoms with Crippen LogP contribution in [-0.4, -0.2) is 38.8 Å². The van der Waals surface area contributed by atoms with Crippen LogP contribution in [0.5, 0.6) is 11.5 Å². The van der Waals surface area contributed by atoms with Crippen LogP contribution in [0.3, 0.4) is 0 Å². The lowest BCUT2D eigenvalue weighted by atomic mass is 9.89. The highest BCUT2D eigenvalue weighted by Crippen LogP contribution is 2.37. The molecule has 0 bridgehead atoms. The van der Waals surface area contributed by atoms with Gasteiger partial charge in [-0.1, -0.05) is 72.3 Å². The van der Waals surface area contributed by atoms with Crippen molar-refractivity contribution in [3.05, 3.63) is 165 Å². The summed E-state index contributed by atoms with van der Waals surface area (Å²) < 4.78 is 12.6. The van der Waals surface area contributed by atoms with Crippen LogP contribution in [-0.2, 0) is 37.6 Å². The number of aliphatic hydroxyl groups excluding tert-OH is 1. The van der Waals surface area contributed by atoms with Gasteiger partial charge in [-0.3, -0.25) is 14.8 Å². The van der Waals surface area contributed by atoms with E-state index >= 15 is 0 Å². The van der Waals surface area contributed by atoms with E-state index in [0.29, 0.717) is 51.9 Å². The second-order valence-corrected chi connectivity index (χ2v) is 14.5. The molecule has 2 aromatic heterocycles. The second kappa shape index (κ2) is 20.2. The Morgan fingerprint density at radius 2 is 1.34 bits per heavy atom. The number of carbonyl (C=O) groups is 1. The zero-order valence-electron chi connectivity index (χ0n) is 32.7. The van der Waals surface area contributed by atoms with Crippen molar-refractivity contribution in [3.63, 3.8) is 0 Å². The predicted octanol–water partition coefficient (Wildman–Crippen LogP) is 8.20. The van der Waals surface area contributed by atoms with Crippen LogP contribution in [0.2, 0.25) is 5.02 Å². The minimum absolute atomic E-state index is 0.0541. The van der Waals surface area contributed by atoms with Crippen LogP contribution in [0, 0.1) is 36.5 Å². The first-order valence-electron chi connectivity index (χ1n) is 19.0. The fourth-order valence-corrected chi connectivity index (χ4v) is 6.96. The summed E-state index contributed by atoms with van der Waals surface area (Å²) in [5, 5.41) is 44.4. The fourth-order valence-electron chi connectivity index (χ4n) is 6.72. The van der Waals surface area contributed by atoms with Crippen molar-refractivity contribution < 1.29 is 24.5 Å². The van der Waals surface area contributed by atoms with E-state index in [1.165, 1.54) is 6.20 Å². The lowest BCUT2D eigenvalue weighted by Gasteiger charge is -2.18. The number of aliphatic carboxylic acids is 1. The monoisotopic (exact) mass is 806 g/mol. The number of rotatable bonds is 18. The topological polar surface area (TPSA) is 173 Å². The highest BCUT2D eigenvalue weighted by atomic mass is 35.5. The smallest absolute Gasteiger partial charge is 0.306 e. The van der Waals surface area contributed by atoms with E-state index in [0.717, 1.165) is 50.1 Å². The van der Waals surface area contributed by atoms with Crippen molar-refractivity contribution in [2.45, 2.75) is 59.2 Å². The van der Waals surface area contributed by atoms with Crippen LogP contribution >= 0.6 is 11.6 Å². The van der Waals surface area contributed by atoms with Crippen molar-refractivity contribution in [1.29, 1.82) is 10.5 Å². The fraction of sp³-hybridized carbons (Fsp3) is 0.213. The molecule has 6 rings (SSSR count). The van der Waals surface area contributed by atoms with E-state index in [1.54, 1.807) is 36.8 Å². The molecule has 298 valence electrons. The first kappa shape index (κ1) is 42.0. The molecule has 0 aliphatic rings. The van der Waals surface area contributed by atoms with Crippen molar-refractivity contribution >= 4 is 17.6 Å². The van der Waals surface area contributed by atoms with Gasteiger partial charge in [0.25, 0.3) is 0 Å². The second-order valence-electron chi connectivity index (χ2n) is 14.1. The molecule has 0 unspecified atom stereocenters. The zero-order valence-corrected chi connectivity index (χ0v) is 33.5. The highest BCUT2D eigenvalue weighted by Gasteiger charge is 2.16. The van der Waals surface area contributed by atoms with Crippen LogP contribution < -0.4 is 20.1 Å². The van der Waals surface area contributed by atoms with E-state index in [4.69, 9.17) is 31.4 Å². The molecule has 0 aliphatic carbocycles. The first-order valence-corrected chi connectivity index (χ1v) is 19.3. The molecule has 0 saturated heterocycles. The van der Waals surface area contributed by atoms with Gasteiger partial charge in [0.15, 0.2) is 0 Å². The van der Waals surface area contributed by atoms with E-state index in [9.17, 15) is 15.2 Å². The third-order valence-electron chi connectivity index (χ3n) is 9.84. The lowest BCUT2D eigenvalue weighted by molar-refractivity contribution is -0.139. The molecule has 4 aromatic carbocycles. The Bertz CT molecular complexity index is 2510. The molecule has 0 fully saturated rings. The summed E-state index contributed by atoms with van der Waals surface area (Å²) in [6.45, 7) is 6.18. The Balaban J connectivity index is 1.16. The molecule has 0 radical (unpaired) electrons. The molecule has 11 nitrogen and oxygen atoms in total. The average Bonchev–Trinajstić information content (AvgIpc) is 3.24. The molecule has 12 heteroatoms. The predicted molar refractivity (Wildman–Crippen MR) is 225 cm³/mol. The number of carboxylic acid groups (broad SMARTS) is 1. The van der Waals surface area contributed by atoms with Gasteiger partial charge < -0.3 is 30.3 Å². The number of nitriles is 2. The summed E-state index contributed by atoms with van der Waals surface area (Å²) in [6, 6.07) is 32.3. The average molecular weight is 807 g/mol. The van der Waals surface area contributed by atoms with Gasteiger partial charge in [0.2, 0.25) is 0 Å². The van der Waals surface area contributed by atoms with Crippen molar-refractivity contribution in [3.8, 4) is 45.9 Å². The van der Waals surface area contributed by atoms with Crippen LogP contribution in [0.25, 0.3) is 22.3 Å². The van der Waals surface area contributed by atoms with Gasteiger partial charge >= 0.3 is 5.97 Å². The molecule has 59 heavy (non-hydrogen) atoms. The maximum Gasteiger partial charge on any atom is 0.306 e. The summed E-state index contributed by atoms with van der Waals surface area (Å²) >= 11 is 6.77. The van der Waals surface area contributed by atoms with Crippen molar-refractivity contribution in [1.82, 2.24) is 20.6 Å². The van der Waals surface area contributed by atoms with Crippen molar-refractivity contribution in [2.75, 3.05) is 6.54 Å². The maximum atomic E-state index is 11.0. The highest BCUT2D eigenvalue weighted by molar-refractivity contribution is 6.32. The molecule has 0 amide bonds. The van der Waals surface area contributed by atoms with Gasteiger partial charge in [0.1, 0.15) is 36.9 Å². The number of benzene rings is 4. The number of aromatic nitrogens is 2. The molecule has 0 saturated carbocycles. The summed E-state index contributed by atoms with van der Waals surface area (Å²) in [7, 11) is 0. The van der Waals surface area contributed by atoms with Crippen LogP contribution in [0.4, 0.5) is 0 Å². The molecule has 1 atom stereocenters. The van der Waals surface area contributed by atoms with Gasteiger partial charge in [-0.15, -0.1) is 0 Å². The standard InChI is InChI=1S/C47H43ClN6O5/c1-30-38(29-59-46-17-45(58-28-36-14-34(19-50)22-53-25-36)39(15-44(46)48)26-54-27-40(55)16-47(56)57)5-3-7-42(30)43-8-4-6-41(31(43)2)37-11-9-32(10-12-37)20-51-23-35-13-33(18-49)21-52-24-35/h3-15,17,21-22,24-25,40,51,54-55H,16,20,23,26-29H2,1-2H3,(H,56,57)/t40-/m0/s1. The quantitative estimate of drug-likeness (QED) is 0.0660. The lowest BCUT2D eigenvalue weighted by Crippen LogP contribution is -2.28. The number of nitrogens with one attached hydrogen (secondary N) is 2. The molecule has 0 spiro atoms. The normalized spacial score (nSPS) is 11.4. The SMILES string of the molecule is Cc1c(COc2cc(OCc3cncc(C#N)c3)c(CNC[C@@H](O)CC(=O)O)cc2Cl)cccc1-c1cccc(-c2ccc(CNCc3cncc(C#N)c3)cc2)c1C. The maximum absolute atomic E-state index is 11.0. The van der Waals surface area contributed by atoms with Gasteiger partial charge in [-0.2, -0.15) is 10.5 Å². The molecule has 0 aliphatic heterocycles. The summed E-state index contributed by atoms with van der Waals surface area (Å²) in [6.07, 6.45) is 4.98. The first-order chi connectivity index (χ1) is 28.6. The number of nitrogens with zero attached hydrogens (tertiary/aromatic N) is 4. The molecule has 4 N–H and O–H groups in total. The van der Waals surface area contributed by atoms with E-state index in [1.807, 2.05) is 18.2 Å². The van der Waals surface area contributed by atoms with Crippen molar-refractivity contribution in [2.24, 2.45) is 0 Å². The van der Waals surface area contributed by atoms with Crippen LogP contribution in [0.1, 0.15) is 56.5 Å². The Hall–Kier alpha value is -6.60. The third kappa shape index (κ3) is 11.3. The minimum Gasteiger partial charge on any atom is -0.488 e.